The molecule has 0 aromatic rings. The van der Waals surface area contributed by atoms with E-state index in [2.05, 4.69) is 0 Å². The fourth-order valence-corrected chi connectivity index (χ4v) is 10.9. The molecule has 0 radical (unpaired) electrons. The minimum absolute atomic E-state index is 0.600. The van der Waals surface area contributed by atoms with Gasteiger partial charge >= 0.3 is 17.4 Å². The quantitative estimate of drug-likeness (QED) is 0.157. The summed E-state index contributed by atoms with van der Waals surface area (Å²) in [6, 6.07) is 2.62. The topological polar surface area (TPSA) is 46.2 Å². The lowest BCUT2D eigenvalue weighted by molar-refractivity contribution is 0.0711. The lowest BCUT2D eigenvalue weighted by Gasteiger charge is -2.34. The molecule has 0 fully saturated rings. The highest BCUT2D eigenvalue weighted by atomic mass is 35.5. The van der Waals surface area contributed by atoms with Gasteiger partial charge in [0.15, 0.2) is 0 Å². The fourth-order valence-electron chi connectivity index (χ4n) is 3.17. The zero-order valence-corrected chi connectivity index (χ0v) is 20.4. The van der Waals surface area contributed by atoms with Gasteiger partial charge in [0.1, 0.15) is 0 Å². The van der Waals surface area contributed by atoms with Crippen LogP contribution in [-0.4, -0.2) is 56.3 Å². The summed E-state index contributed by atoms with van der Waals surface area (Å²) in [4.78, 5) is 0. The number of hydrogen-bond donors (Lipinski definition) is 0. The Bertz CT molecular complexity index is 301. The first-order valence-corrected chi connectivity index (χ1v) is 15.0. The molecule has 26 heavy (non-hydrogen) atoms. The van der Waals surface area contributed by atoms with Crippen molar-refractivity contribution in [3.05, 3.63) is 0 Å². The van der Waals surface area contributed by atoms with Gasteiger partial charge in [0, 0.05) is 45.0 Å². The Morgan fingerprint density at radius 2 is 1.00 bits per heavy atom. The average Bonchev–Trinajstić information content (AvgIpc) is 2.61. The predicted octanol–water partition coefficient (Wildman–Crippen LogP) is 5.35. The second-order valence-electron chi connectivity index (χ2n) is 6.11. The molecule has 0 spiro atoms. The summed E-state index contributed by atoms with van der Waals surface area (Å²) in [6.07, 6.45) is 4.54. The number of hydrogen-bond acceptors (Lipinski definition) is 5. The Morgan fingerprint density at radius 1 is 0.538 bits per heavy atom. The molecule has 0 aliphatic heterocycles. The number of alkyl halides is 1. The van der Waals surface area contributed by atoms with Gasteiger partial charge in [-0.05, 0) is 53.1 Å². The molecule has 0 aliphatic rings. The van der Waals surface area contributed by atoms with E-state index in [4.69, 9.17) is 33.7 Å². The van der Waals surface area contributed by atoms with Crippen LogP contribution in [0.15, 0.2) is 0 Å². The van der Waals surface area contributed by atoms with Crippen molar-refractivity contribution in [1.29, 1.82) is 0 Å². The first kappa shape index (κ1) is 26.5. The zero-order chi connectivity index (χ0) is 19.7. The maximum absolute atomic E-state index is 6.25. The molecule has 0 rings (SSSR count). The largest absolute Gasteiger partial charge is 0.500 e. The van der Waals surface area contributed by atoms with E-state index in [9.17, 15) is 0 Å². The van der Waals surface area contributed by atoms with Crippen molar-refractivity contribution in [3.8, 4) is 0 Å². The van der Waals surface area contributed by atoms with Crippen molar-refractivity contribution in [2.75, 3.05) is 38.9 Å². The molecule has 5 nitrogen and oxygen atoms in total. The van der Waals surface area contributed by atoms with Gasteiger partial charge < -0.3 is 22.1 Å². The van der Waals surface area contributed by atoms with Gasteiger partial charge in [0.05, 0.1) is 0 Å². The molecular formula is C18H41ClO5Si2. The predicted molar refractivity (Wildman–Crippen MR) is 113 cm³/mol. The SMILES string of the molecule is CCO[Si](CCCCCCCl)(CC[Si](OCC)(OCC)OCC)OCC. The van der Waals surface area contributed by atoms with E-state index < -0.39 is 17.4 Å². The van der Waals surface area contributed by atoms with Crippen LogP contribution in [0.2, 0.25) is 18.1 Å². The van der Waals surface area contributed by atoms with Gasteiger partial charge in [-0.2, -0.15) is 0 Å². The summed E-state index contributed by atoms with van der Waals surface area (Å²) in [7, 11) is -4.96. The van der Waals surface area contributed by atoms with Crippen LogP contribution in [0, 0.1) is 0 Å². The summed E-state index contributed by atoms with van der Waals surface area (Å²) < 4.78 is 30.5. The molecule has 0 saturated carbocycles. The Morgan fingerprint density at radius 3 is 1.42 bits per heavy atom. The molecule has 0 unspecified atom stereocenters. The van der Waals surface area contributed by atoms with Crippen molar-refractivity contribution in [3.63, 3.8) is 0 Å². The van der Waals surface area contributed by atoms with E-state index >= 15 is 0 Å². The van der Waals surface area contributed by atoms with Crippen LogP contribution in [0.5, 0.6) is 0 Å². The normalized spacial score (nSPS) is 12.7. The van der Waals surface area contributed by atoms with Crippen molar-refractivity contribution in [2.45, 2.75) is 78.4 Å². The summed E-state index contributed by atoms with van der Waals surface area (Å²) in [5, 5.41) is 0. The molecule has 0 N–H and O–H groups in total. The molecule has 0 heterocycles. The molecule has 0 saturated heterocycles. The van der Waals surface area contributed by atoms with Crippen LogP contribution in [0.4, 0.5) is 0 Å². The average molecular weight is 429 g/mol. The maximum atomic E-state index is 6.25. The highest BCUT2D eigenvalue weighted by Gasteiger charge is 2.46. The fraction of sp³-hybridized carbons (Fsp3) is 1.00. The zero-order valence-electron chi connectivity index (χ0n) is 17.6. The van der Waals surface area contributed by atoms with Gasteiger partial charge in [-0.15, -0.1) is 11.6 Å². The Balaban J connectivity index is 5.03. The molecule has 0 aromatic heterocycles. The second kappa shape index (κ2) is 16.5. The molecule has 0 aromatic carbocycles. The van der Waals surface area contributed by atoms with E-state index in [1.54, 1.807) is 0 Å². The summed E-state index contributed by atoms with van der Waals surface area (Å²) in [6.45, 7) is 13.2. The molecule has 0 bridgehead atoms. The smallest absolute Gasteiger partial charge is 0.394 e. The van der Waals surface area contributed by atoms with Crippen molar-refractivity contribution in [1.82, 2.24) is 0 Å². The van der Waals surface area contributed by atoms with E-state index in [1.807, 2.05) is 34.6 Å². The van der Waals surface area contributed by atoms with Crippen molar-refractivity contribution >= 4 is 29.0 Å². The van der Waals surface area contributed by atoms with Crippen molar-refractivity contribution < 1.29 is 22.1 Å². The van der Waals surface area contributed by atoms with Crippen LogP contribution in [-0.2, 0) is 22.1 Å². The third-order valence-electron chi connectivity index (χ3n) is 4.16. The standard InChI is InChI=1S/C18H41ClO5Si2/c1-6-20-25(21-7-2,16-14-12-11-13-15-19)17-18-26(22-8-3,23-9-4)24-10-5/h6-18H2,1-5H3. The Kier molecular flexibility index (Phi) is 16.8. The highest BCUT2D eigenvalue weighted by molar-refractivity contribution is 6.70. The lowest BCUT2D eigenvalue weighted by atomic mass is 10.2. The maximum Gasteiger partial charge on any atom is 0.500 e. The summed E-state index contributed by atoms with van der Waals surface area (Å²) in [5.74, 6) is 0.741. The van der Waals surface area contributed by atoms with E-state index in [-0.39, 0.29) is 0 Å². The van der Waals surface area contributed by atoms with Crippen LogP contribution in [0.25, 0.3) is 0 Å². The summed E-state index contributed by atoms with van der Waals surface area (Å²) >= 11 is 5.78. The second-order valence-corrected chi connectivity index (χ2v) is 12.6. The number of unbranched alkanes of at least 4 members (excludes halogenated alkanes) is 3. The molecule has 0 amide bonds. The lowest BCUT2D eigenvalue weighted by Crippen LogP contribution is -2.50. The van der Waals surface area contributed by atoms with Crippen LogP contribution in [0.1, 0.15) is 60.3 Å². The summed E-state index contributed by atoms with van der Waals surface area (Å²) in [5.41, 5.74) is 0. The van der Waals surface area contributed by atoms with E-state index in [1.165, 1.54) is 12.8 Å². The van der Waals surface area contributed by atoms with Gasteiger partial charge in [-0.1, -0.05) is 19.3 Å². The first-order chi connectivity index (χ1) is 12.6. The van der Waals surface area contributed by atoms with Gasteiger partial charge in [-0.3, -0.25) is 0 Å². The molecule has 0 atom stereocenters. The minimum Gasteiger partial charge on any atom is -0.394 e. The Hall–Kier alpha value is 0.524. The van der Waals surface area contributed by atoms with Gasteiger partial charge in [-0.25, -0.2) is 0 Å². The molecular weight excluding hydrogens is 388 g/mol. The van der Waals surface area contributed by atoms with Gasteiger partial charge in [0.25, 0.3) is 0 Å². The monoisotopic (exact) mass is 428 g/mol. The van der Waals surface area contributed by atoms with Crippen LogP contribution in [0.3, 0.4) is 0 Å². The van der Waals surface area contributed by atoms with Gasteiger partial charge in [0.2, 0.25) is 0 Å². The number of halogens is 1. The third-order valence-corrected chi connectivity index (χ3v) is 11.7. The molecule has 8 heteroatoms. The Labute approximate surface area is 168 Å². The van der Waals surface area contributed by atoms with Crippen LogP contribution < -0.4 is 0 Å². The molecule has 0 aliphatic carbocycles. The molecule has 158 valence electrons. The number of rotatable bonds is 19. The first-order valence-electron chi connectivity index (χ1n) is 10.3. The van der Waals surface area contributed by atoms with Crippen LogP contribution >= 0.6 is 11.6 Å². The third kappa shape index (κ3) is 10.8. The van der Waals surface area contributed by atoms with E-state index in [0.29, 0.717) is 33.0 Å². The minimum atomic E-state index is -2.67. The highest BCUT2D eigenvalue weighted by Crippen LogP contribution is 2.29. The van der Waals surface area contributed by atoms with E-state index in [0.717, 1.165) is 36.9 Å². The van der Waals surface area contributed by atoms with Crippen molar-refractivity contribution in [2.24, 2.45) is 0 Å².